The van der Waals surface area contributed by atoms with Crippen molar-refractivity contribution in [3.05, 3.63) is 0 Å². The average molecular weight is 226 g/mol. The van der Waals surface area contributed by atoms with Crippen molar-refractivity contribution in [1.29, 1.82) is 5.26 Å². The van der Waals surface area contributed by atoms with Crippen molar-refractivity contribution >= 4 is 0 Å². The lowest BCUT2D eigenvalue weighted by molar-refractivity contribution is 0.0870. The number of ether oxygens (including phenoxy) is 1. The van der Waals surface area contributed by atoms with E-state index in [2.05, 4.69) is 38.7 Å². The van der Waals surface area contributed by atoms with Crippen LogP contribution in [0.4, 0.5) is 0 Å². The molecule has 0 atom stereocenters. The third kappa shape index (κ3) is 8.70. The van der Waals surface area contributed by atoms with Gasteiger partial charge in [0.2, 0.25) is 0 Å². The third-order valence-corrected chi connectivity index (χ3v) is 2.60. The van der Waals surface area contributed by atoms with E-state index in [1.807, 2.05) is 0 Å². The van der Waals surface area contributed by atoms with Gasteiger partial charge in [0.05, 0.1) is 12.7 Å². The number of hydrogen-bond donors (Lipinski definition) is 0. The van der Waals surface area contributed by atoms with Gasteiger partial charge >= 0.3 is 0 Å². The first kappa shape index (κ1) is 15.4. The highest BCUT2D eigenvalue weighted by atomic mass is 16.5. The van der Waals surface area contributed by atoms with Gasteiger partial charge in [-0.2, -0.15) is 5.26 Å². The SMILES string of the molecule is CC(C)CCOCCN(CCC#N)C(C)C. The van der Waals surface area contributed by atoms with Crippen molar-refractivity contribution in [2.75, 3.05) is 26.3 Å². The first-order chi connectivity index (χ1) is 7.57. The van der Waals surface area contributed by atoms with Gasteiger partial charge in [-0.15, -0.1) is 0 Å². The Kier molecular flexibility index (Phi) is 9.27. The van der Waals surface area contributed by atoms with Crippen LogP contribution in [0.5, 0.6) is 0 Å². The van der Waals surface area contributed by atoms with Gasteiger partial charge in [0.15, 0.2) is 0 Å². The van der Waals surface area contributed by atoms with E-state index in [-0.39, 0.29) is 0 Å². The Labute approximate surface area is 100 Å². The maximum Gasteiger partial charge on any atom is 0.0635 e. The quantitative estimate of drug-likeness (QED) is 0.567. The number of hydrogen-bond acceptors (Lipinski definition) is 3. The topological polar surface area (TPSA) is 36.3 Å². The Bertz CT molecular complexity index is 197. The predicted molar refractivity (Wildman–Crippen MR) is 67.2 cm³/mol. The Balaban J connectivity index is 3.57. The molecule has 0 N–H and O–H groups in total. The van der Waals surface area contributed by atoms with Crippen LogP contribution in [0, 0.1) is 17.2 Å². The van der Waals surface area contributed by atoms with E-state index in [1.165, 1.54) is 0 Å². The van der Waals surface area contributed by atoms with E-state index in [1.54, 1.807) is 0 Å². The fourth-order valence-corrected chi connectivity index (χ4v) is 1.42. The summed E-state index contributed by atoms with van der Waals surface area (Å²) in [7, 11) is 0. The minimum atomic E-state index is 0.488. The zero-order valence-corrected chi connectivity index (χ0v) is 11.2. The number of nitriles is 1. The second-order valence-corrected chi connectivity index (χ2v) is 4.83. The van der Waals surface area contributed by atoms with Gasteiger partial charge in [0, 0.05) is 32.2 Å². The molecule has 0 aromatic rings. The first-order valence-electron chi connectivity index (χ1n) is 6.26. The lowest BCUT2D eigenvalue weighted by atomic mass is 10.1. The molecule has 0 radical (unpaired) electrons. The van der Waals surface area contributed by atoms with E-state index in [9.17, 15) is 0 Å². The third-order valence-electron chi connectivity index (χ3n) is 2.60. The minimum absolute atomic E-state index is 0.488. The molecular weight excluding hydrogens is 200 g/mol. The molecule has 0 amide bonds. The van der Waals surface area contributed by atoms with Crippen LogP contribution in [0.15, 0.2) is 0 Å². The van der Waals surface area contributed by atoms with Crippen LogP contribution < -0.4 is 0 Å². The summed E-state index contributed by atoms with van der Waals surface area (Å²) in [5, 5.41) is 8.56. The summed E-state index contributed by atoms with van der Waals surface area (Å²) in [4.78, 5) is 2.29. The zero-order valence-electron chi connectivity index (χ0n) is 11.2. The highest BCUT2D eigenvalue weighted by Gasteiger charge is 2.08. The normalized spacial score (nSPS) is 11.4. The van der Waals surface area contributed by atoms with Crippen LogP contribution in [0.2, 0.25) is 0 Å². The van der Waals surface area contributed by atoms with Crippen LogP contribution in [-0.4, -0.2) is 37.2 Å². The summed E-state index contributed by atoms with van der Waals surface area (Å²) in [5.41, 5.74) is 0. The van der Waals surface area contributed by atoms with Gasteiger partial charge in [-0.1, -0.05) is 13.8 Å². The molecule has 0 heterocycles. The molecule has 0 saturated heterocycles. The highest BCUT2D eigenvalue weighted by Crippen LogP contribution is 2.01. The number of nitrogens with zero attached hydrogens (tertiary/aromatic N) is 2. The highest BCUT2D eigenvalue weighted by molar-refractivity contribution is 4.73. The second kappa shape index (κ2) is 9.62. The second-order valence-electron chi connectivity index (χ2n) is 4.83. The van der Waals surface area contributed by atoms with Crippen LogP contribution >= 0.6 is 0 Å². The van der Waals surface area contributed by atoms with Gasteiger partial charge in [-0.25, -0.2) is 0 Å². The van der Waals surface area contributed by atoms with Crippen molar-refractivity contribution in [2.45, 2.75) is 46.6 Å². The van der Waals surface area contributed by atoms with Crippen LogP contribution in [0.1, 0.15) is 40.5 Å². The molecule has 0 unspecified atom stereocenters. The van der Waals surface area contributed by atoms with Gasteiger partial charge in [-0.05, 0) is 26.2 Å². The van der Waals surface area contributed by atoms with Crippen molar-refractivity contribution in [2.24, 2.45) is 5.92 Å². The standard InChI is InChI=1S/C13H26N2O/c1-12(2)6-10-16-11-9-15(13(3)4)8-5-7-14/h12-13H,5-6,8-11H2,1-4H3. The summed E-state index contributed by atoms with van der Waals surface area (Å²) < 4.78 is 5.58. The van der Waals surface area contributed by atoms with Crippen LogP contribution in [0.25, 0.3) is 0 Å². The lowest BCUT2D eigenvalue weighted by Crippen LogP contribution is -2.34. The smallest absolute Gasteiger partial charge is 0.0635 e. The molecule has 0 aromatic carbocycles. The van der Waals surface area contributed by atoms with Crippen molar-refractivity contribution < 1.29 is 4.74 Å². The van der Waals surface area contributed by atoms with Crippen molar-refractivity contribution in [3.8, 4) is 6.07 Å². The van der Waals surface area contributed by atoms with Gasteiger partial charge in [-0.3, -0.25) is 4.90 Å². The fraction of sp³-hybridized carbons (Fsp3) is 0.923. The van der Waals surface area contributed by atoms with Crippen LogP contribution in [-0.2, 0) is 4.74 Å². The molecule has 94 valence electrons. The molecule has 3 nitrogen and oxygen atoms in total. The van der Waals surface area contributed by atoms with Crippen molar-refractivity contribution in [1.82, 2.24) is 4.90 Å². The van der Waals surface area contributed by atoms with E-state index < -0.39 is 0 Å². The predicted octanol–water partition coefficient (Wildman–Crippen LogP) is 2.67. The van der Waals surface area contributed by atoms with E-state index in [0.717, 1.165) is 32.7 Å². The molecule has 0 aliphatic heterocycles. The molecule has 0 aliphatic rings. The lowest BCUT2D eigenvalue weighted by Gasteiger charge is -2.25. The van der Waals surface area contributed by atoms with Gasteiger partial charge < -0.3 is 4.74 Å². The maximum atomic E-state index is 8.56. The summed E-state index contributed by atoms with van der Waals surface area (Å²) >= 11 is 0. The summed E-state index contributed by atoms with van der Waals surface area (Å²) in [6.45, 7) is 12.1. The Hall–Kier alpha value is -0.590. The van der Waals surface area contributed by atoms with E-state index >= 15 is 0 Å². The average Bonchev–Trinajstić information content (AvgIpc) is 2.21. The summed E-state index contributed by atoms with van der Waals surface area (Å²) in [5.74, 6) is 0.708. The molecule has 0 rings (SSSR count). The van der Waals surface area contributed by atoms with Crippen molar-refractivity contribution in [3.63, 3.8) is 0 Å². The molecule has 16 heavy (non-hydrogen) atoms. The largest absolute Gasteiger partial charge is 0.380 e. The summed E-state index contributed by atoms with van der Waals surface area (Å²) in [6, 6.07) is 2.68. The van der Waals surface area contributed by atoms with Gasteiger partial charge in [0.1, 0.15) is 0 Å². The number of rotatable bonds is 9. The molecule has 0 fully saturated rings. The molecule has 0 spiro atoms. The zero-order chi connectivity index (χ0) is 12.4. The Morgan fingerprint density at radius 1 is 1.12 bits per heavy atom. The molecular formula is C13H26N2O. The Morgan fingerprint density at radius 2 is 1.81 bits per heavy atom. The monoisotopic (exact) mass is 226 g/mol. The fourth-order valence-electron chi connectivity index (χ4n) is 1.42. The molecule has 0 aromatic heterocycles. The molecule has 3 heteroatoms. The van der Waals surface area contributed by atoms with Gasteiger partial charge in [0.25, 0.3) is 0 Å². The first-order valence-corrected chi connectivity index (χ1v) is 6.26. The maximum absolute atomic E-state index is 8.56. The molecule has 0 aliphatic carbocycles. The van der Waals surface area contributed by atoms with Crippen LogP contribution in [0.3, 0.4) is 0 Å². The van der Waals surface area contributed by atoms with E-state index in [0.29, 0.717) is 18.4 Å². The Morgan fingerprint density at radius 3 is 2.31 bits per heavy atom. The molecule has 0 bridgehead atoms. The van der Waals surface area contributed by atoms with E-state index in [4.69, 9.17) is 10.00 Å². The minimum Gasteiger partial charge on any atom is -0.380 e. The molecule has 0 saturated carbocycles. The summed E-state index contributed by atoms with van der Waals surface area (Å²) in [6.07, 6.45) is 1.73.